The quantitative estimate of drug-likeness (QED) is 0.548. The molecule has 2 N–H and O–H groups in total. The average Bonchev–Trinajstić information content (AvgIpc) is 2.26. The van der Waals surface area contributed by atoms with Crippen molar-refractivity contribution in [3.05, 3.63) is 48.5 Å². The van der Waals surface area contributed by atoms with Crippen molar-refractivity contribution in [3.63, 3.8) is 0 Å². The summed E-state index contributed by atoms with van der Waals surface area (Å²) in [6.07, 6.45) is 3.82. The van der Waals surface area contributed by atoms with Gasteiger partial charge in [0.1, 0.15) is 0 Å². The van der Waals surface area contributed by atoms with Crippen LogP contribution < -0.4 is 0 Å². The molecule has 4 heteroatoms. The van der Waals surface area contributed by atoms with Gasteiger partial charge in [-0.25, -0.2) is 0 Å². The van der Waals surface area contributed by atoms with Gasteiger partial charge in [0.25, 0.3) is 0 Å². The van der Waals surface area contributed by atoms with Crippen molar-refractivity contribution in [2.45, 2.75) is 38.9 Å². The number of carbonyl (C=O) groups excluding carboxylic acids is 1. The second-order valence-electron chi connectivity index (χ2n) is 4.95. The van der Waals surface area contributed by atoms with E-state index in [4.69, 9.17) is 7.85 Å². The van der Waals surface area contributed by atoms with Crippen LogP contribution in [0.1, 0.15) is 32.3 Å². The van der Waals surface area contributed by atoms with E-state index >= 15 is 0 Å². The van der Waals surface area contributed by atoms with Gasteiger partial charge in [0.05, 0.1) is 7.85 Å². The molecule has 0 spiro atoms. The predicted molar refractivity (Wildman–Crippen MR) is 78.3 cm³/mol. The number of ketones is 1. The first-order chi connectivity index (χ1) is 8.08. The molecular formula is C15H22BNOY-2. The number of hydrogen-bond donors (Lipinski definition) is 0. The van der Waals surface area contributed by atoms with Crippen LogP contribution in [-0.2, 0) is 43.9 Å². The van der Waals surface area contributed by atoms with Crippen molar-refractivity contribution in [1.82, 2.24) is 0 Å². The topological polar surface area (TPSA) is 50.6 Å². The van der Waals surface area contributed by atoms with E-state index < -0.39 is 0 Å². The summed E-state index contributed by atoms with van der Waals surface area (Å²) in [7, 11) is 5.90. The van der Waals surface area contributed by atoms with Crippen LogP contribution in [0.3, 0.4) is 0 Å². The van der Waals surface area contributed by atoms with Crippen LogP contribution in [0.4, 0.5) is 0 Å². The van der Waals surface area contributed by atoms with E-state index in [0.717, 1.165) is 6.42 Å². The first kappa shape index (κ1) is 21.2. The zero-order valence-electron chi connectivity index (χ0n) is 11.9. The van der Waals surface area contributed by atoms with Gasteiger partial charge in [-0.15, -0.1) is 6.42 Å². The van der Waals surface area contributed by atoms with E-state index in [1.165, 1.54) is 5.56 Å². The molecule has 0 aliphatic rings. The van der Waals surface area contributed by atoms with Gasteiger partial charge < -0.3 is 17.4 Å². The van der Waals surface area contributed by atoms with Gasteiger partial charge in [0.15, 0.2) is 0 Å². The van der Waals surface area contributed by atoms with Gasteiger partial charge in [-0.1, -0.05) is 62.0 Å². The summed E-state index contributed by atoms with van der Waals surface area (Å²) in [5.74, 6) is 0.698. The van der Waals surface area contributed by atoms with Crippen LogP contribution >= 0.6 is 0 Å². The van der Waals surface area contributed by atoms with Gasteiger partial charge >= 0.3 is 0 Å². The first-order valence-electron chi connectivity index (χ1n) is 6.23. The number of benzene rings is 1. The predicted octanol–water partition coefficient (Wildman–Crippen LogP) is 4.11. The third kappa shape index (κ3) is 10.3. The van der Waals surface area contributed by atoms with Gasteiger partial charge in [-0.3, -0.25) is 0 Å². The molecule has 101 valence electrons. The van der Waals surface area contributed by atoms with Crippen LogP contribution in [-0.4, -0.2) is 13.6 Å². The summed E-state index contributed by atoms with van der Waals surface area (Å²) in [5.41, 5.74) is 1.17. The van der Waals surface area contributed by atoms with Crippen molar-refractivity contribution in [3.8, 4) is 0 Å². The molecule has 1 aromatic carbocycles. The largest absolute Gasteiger partial charge is 0.693 e. The normalized spacial score (nSPS) is 11.1. The van der Waals surface area contributed by atoms with E-state index in [1.54, 1.807) is 6.42 Å². The number of rotatable bonds is 7. The molecule has 2 nitrogen and oxygen atoms in total. The van der Waals surface area contributed by atoms with E-state index in [9.17, 15) is 4.79 Å². The molecular weight excluding hydrogens is 310 g/mol. The molecule has 0 aliphatic carbocycles. The minimum atomic E-state index is -0.00507. The molecule has 1 aromatic rings. The van der Waals surface area contributed by atoms with E-state index in [1.807, 2.05) is 30.3 Å². The number of hydrogen-bond acceptors (Lipinski definition) is 1. The third-order valence-corrected chi connectivity index (χ3v) is 2.65. The number of carbonyl (C=O) groups is 1. The standard InChI is InChI=1S/C15H20BO.H2N.Y/c1-12(2)10-14(16)11-15(17)9-8-13-6-4-3-5-7-13;;/h3-7,9,12,14H,8,10-11H2,1-2H3;1H2;/q2*-1;/t14-;;/m0../s1. The van der Waals surface area contributed by atoms with Gasteiger partial charge in [-0.2, -0.15) is 0 Å². The fraction of sp³-hybridized carbons (Fsp3) is 0.467. The van der Waals surface area contributed by atoms with Gasteiger partial charge in [0, 0.05) is 32.7 Å². The summed E-state index contributed by atoms with van der Waals surface area (Å²) >= 11 is 0. The molecule has 0 aromatic heterocycles. The summed E-state index contributed by atoms with van der Waals surface area (Å²) in [6.45, 7) is 4.25. The maximum absolute atomic E-state index is 11.7. The Balaban J connectivity index is 0. The molecule has 3 radical (unpaired) electrons. The Morgan fingerprint density at radius 3 is 2.37 bits per heavy atom. The molecule has 0 aliphatic heterocycles. The molecule has 0 saturated heterocycles. The Bertz CT molecular complexity index is 343. The summed E-state index contributed by atoms with van der Waals surface area (Å²) in [5, 5.41) is 0. The summed E-state index contributed by atoms with van der Waals surface area (Å²) in [4.78, 5) is 11.7. The number of Topliss-reactive ketones (excluding diaryl/α,β-unsaturated/α-hetero) is 1. The Kier molecular flexibility index (Phi) is 13.0. The summed E-state index contributed by atoms with van der Waals surface area (Å²) in [6, 6.07) is 10.00. The van der Waals surface area contributed by atoms with E-state index in [0.29, 0.717) is 18.8 Å². The monoisotopic (exact) mass is 332 g/mol. The maximum atomic E-state index is 11.7. The zero-order valence-corrected chi connectivity index (χ0v) is 14.7. The molecule has 1 atom stereocenters. The fourth-order valence-corrected chi connectivity index (χ4v) is 1.88. The second kappa shape index (κ2) is 11.7. The SMILES string of the molecule is [B][C@H](CC(=O)[CH-]Cc1ccccc1)CC(C)C.[NH2-].[Y]. The first-order valence-corrected chi connectivity index (χ1v) is 6.23. The Labute approximate surface area is 144 Å². The minimum Gasteiger partial charge on any atom is -0.693 e. The zero-order chi connectivity index (χ0) is 12.7. The van der Waals surface area contributed by atoms with Crippen molar-refractivity contribution in [2.24, 2.45) is 5.92 Å². The second-order valence-corrected chi connectivity index (χ2v) is 4.95. The van der Waals surface area contributed by atoms with Crippen molar-refractivity contribution >= 4 is 13.6 Å². The van der Waals surface area contributed by atoms with Crippen molar-refractivity contribution in [1.29, 1.82) is 0 Å². The van der Waals surface area contributed by atoms with Crippen LogP contribution in [0.15, 0.2) is 30.3 Å². The average molecular weight is 332 g/mol. The Morgan fingerprint density at radius 1 is 1.26 bits per heavy atom. The van der Waals surface area contributed by atoms with Crippen molar-refractivity contribution in [2.75, 3.05) is 0 Å². The molecule has 0 amide bonds. The Hall–Kier alpha value is -0.111. The molecule has 19 heavy (non-hydrogen) atoms. The van der Waals surface area contributed by atoms with Crippen LogP contribution in [0.2, 0.25) is 5.82 Å². The van der Waals surface area contributed by atoms with E-state index in [-0.39, 0.29) is 50.5 Å². The van der Waals surface area contributed by atoms with Crippen LogP contribution in [0, 0.1) is 12.3 Å². The smallest absolute Gasteiger partial charge is 0.0704 e. The molecule has 0 heterocycles. The van der Waals surface area contributed by atoms with Crippen LogP contribution in [0.5, 0.6) is 0 Å². The van der Waals surface area contributed by atoms with Gasteiger partial charge in [-0.05, 0) is 18.1 Å². The molecule has 0 saturated carbocycles. The molecule has 0 bridgehead atoms. The van der Waals surface area contributed by atoms with Crippen molar-refractivity contribution < 1.29 is 37.5 Å². The molecule has 0 unspecified atom stereocenters. The van der Waals surface area contributed by atoms with Gasteiger partial charge in [0.2, 0.25) is 0 Å². The third-order valence-electron chi connectivity index (χ3n) is 2.65. The molecule has 0 fully saturated rings. The minimum absolute atomic E-state index is 0. The Morgan fingerprint density at radius 2 is 1.84 bits per heavy atom. The molecule has 1 rings (SSSR count). The fourth-order valence-electron chi connectivity index (χ4n) is 1.88. The number of nitrogens with two attached hydrogens (primary N) is 1. The summed E-state index contributed by atoms with van der Waals surface area (Å²) < 4.78 is 0. The van der Waals surface area contributed by atoms with Crippen LogP contribution in [0.25, 0.3) is 6.15 Å². The van der Waals surface area contributed by atoms with E-state index in [2.05, 4.69) is 13.8 Å². The maximum Gasteiger partial charge on any atom is 0.0704 e.